The van der Waals surface area contributed by atoms with Gasteiger partial charge in [-0.1, -0.05) is 64.1 Å². The van der Waals surface area contributed by atoms with Gasteiger partial charge in [0.1, 0.15) is 18.5 Å². The van der Waals surface area contributed by atoms with Crippen molar-refractivity contribution in [2.24, 2.45) is 34.0 Å². The Bertz CT molecular complexity index is 2360. The summed E-state index contributed by atoms with van der Waals surface area (Å²) in [4.78, 5) is 69.4. The number of aliphatic imine (C=N–C) groups is 1. The number of carbonyl (C=O) groups is 5. The van der Waals surface area contributed by atoms with Crippen LogP contribution >= 0.6 is 0 Å². The lowest BCUT2D eigenvalue weighted by molar-refractivity contribution is -0.128. The molecule has 3 aromatic rings. The first-order valence-corrected chi connectivity index (χ1v) is 23.4. The number of hydrogen-bond acceptors (Lipinski definition) is 11. The van der Waals surface area contributed by atoms with Crippen LogP contribution in [0.3, 0.4) is 0 Å². The number of nitrogens with one attached hydrogen (secondary N) is 4. The Balaban J connectivity index is 1.10. The molecule has 6 amide bonds. The first-order valence-electron chi connectivity index (χ1n) is 22.0. The molecule has 18 nitrogen and oxygen atoms in total. The Morgan fingerprint density at radius 2 is 1.62 bits per heavy atom. The highest BCUT2D eigenvalue weighted by Crippen LogP contribution is 2.34. The van der Waals surface area contributed by atoms with Crippen molar-refractivity contribution in [3.63, 3.8) is 0 Å². The van der Waals surface area contributed by atoms with E-state index in [1.165, 1.54) is 4.31 Å². The summed E-state index contributed by atoms with van der Waals surface area (Å²) >= 11 is 0. The number of hydrogen-bond donors (Lipinski definition) is 7. The van der Waals surface area contributed by atoms with Gasteiger partial charge in [0.25, 0.3) is 0 Å². The van der Waals surface area contributed by atoms with Crippen molar-refractivity contribution in [2.45, 2.75) is 83.4 Å². The monoisotopic (exact) mass is 914 g/mol. The summed E-state index contributed by atoms with van der Waals surface area (Å²) in [6.07, 6.45) is 3.70. The molecule has 0 radical (unpaired) electrons. The van der Waals surface area contributed by atoms with Crippen molar-refractivity contribution >= 4 is 63.2 Å². The fourth-order valence-corrected chi connectivity index (χ4v) is 8.94. The van der Waals surface area contributed by atoms with Crippen molar-refractivity contribution in [3.8, 4) is 11.1 Å². The van der Waals surface area contributed by atoms with Crippen LogP contribution in [-0.4, -0.2) is 105 Å². The SMILES string of the molecule is CCCN(CCC)C(=O)C1=Cc2ccc(-c3cccc(S(=O)(=O)N4CC(CNC(=O)OCc5ccc(NC(=O)[C@H](CCCNC(N)=O)NC(=O)[C@@H](N)C(C)C)cc5)C4)c3)cc2N=C(N)C1. The first kappa shape index (κ1) is 49.7. The maximum Gasteiger partial charge on any atom is 0.407 e. The standard InChI is InChI=1S/C46H62N10O8S/c1-5-19-55(20-6-2)44(59)35-21-34-15-14-33(23-39(34)53-40(47)24-35)32-9-7-10-37(22-32)65(62,63)56-26-31(27-56)25-51-46(61)64-28-30-12-16-36(17-13-30)52-42(57)38(11-8-18-50-45(49)60)54-43(58)41(48)29(3)4/h7,9-10,12-17,21-23,29,31,38,41H,5-6,8,11,18-20,24-28,48H2,1-4H3,(H2,47,53)(H,51,61)(H,52,57)(H,54,58)(H3,49,50,60)/t38-,41-/m0/s1. The normalized spacial score (nSPS) is 14.9. The molecule has 3 aromatic carbocycles. The van der Waals surface area contributed by atoms with E-state index >= 15 is 0 Å². The maximum absolute atomic E-state index is 13.7. The van der Waals surface area contributed by atoms with Crippen molar-refractivity contribution < 1.29 is 37.1 Å². The number of ether oxygens (including phenoxy) is 1. The number of rotatable bonds is 21. The zero-order valence-corrected chi connectivity index (χ0v) is 38.3. The molecule has 350 valence electrons. The lowest BCUT2D eigenvalue weighted by Gasteiger charge is -2.38. The minimum atomic E-state index is -3.83. The van der Waals surface area contributed by atoms with Crippen molar-refractivity contribution in [1.29, 1.82) is 0 Å². The molecule has 0 spiro atoms. The largest absolute Gasteiger partial charge is 0.445 e. The summed E-state index contributed by atoms with van der Waals surface area (Å²) in [5.74, 6) is -0.936. The van der Waals surface area contributed by atoms with E-state index in [0.717, 1.165) is 24.0 Å². The minimum Gasteiger partial charge on any atom is -0.445 e. The number of fused-ring (bicyclic) bond motifs is 1. The fourth-order valence-electron chi connectivity index (χ4n) is 7.30. The number of urea groups is 1. The van der Waals surface area contributed by atoms with Gasteiger partial charge >= 0.3 is 12.1 Å². The summed E-state index contributed by atoms with van der Waals surface area (Å²) in [5.41, 5.74) is 21.8. The van der Waals surface area contributed by atoms with Gasteiger partial charge in [0.2, 0.25) is 27.7 Å². The van der Waals surface area contributed by atoms with Crippen molar-refractivity contribution in [2.75, 3.05) is 44.6 Å². The lowest BCUT2D eigenvalue weighted by Crippen LogP contribution is -2.53. The number of amidine groups is 1. The Kier molecular flexibility index (Phi) is 17.6. The summed E-state index contributed by atoms with van der Waals surface area (Å²) in [5, 5.41) is 10.6. The highest BCUT2D eigenvalue weighted by Gasteiger charge is 2.37. The third-order valence-electron chi connectivity index (χ3n) is 11.0. The summed E-state index contributed by atoms with van der Waals surface area (Å²) in [7, 11) is -3.83. The van der Waals surface area contributed by atoms with E-state index in [1.807, 2.05) is 49.1 Å². The molecule has 65 heavy (non-hydrogen) atoms. The van der Waals surface area contributed by atoms with E-state index in [9.17, 15) is 32.4 Å². The highest BCUT2D eigenvalue weighted by atomic mass is 32.2. The maximum atomic E-state index is 13.7. The van der Waals surface area contributed by atoms with Gasteiger partial charge in [-0.15, -0.1) is 0 Å². The lowest BCUT2D eigenvalue weighted by atomic mass is 10.0. The predicted octanol–water partition coefficient (Wildman–Crippen LogP) is 4.18. The van der Waals surface area contributed by atoms with Gasteiger partial charge in [0, 0.05) is 68.4 Å². The number of anilines is 1. The second-order valence-electron chi connectivity index (χ2n) is 16.6. The molecule has 2 aliphatic heterocycles. The number of nitrogens with zero attached hydrogens (tertiary/aromatic N) is 3. The third-order valence-corrected chi connectivity index (χ3v) is 12.9. The molecular weight excluding hydrogens is 853 g/mol. The van der Waals surface area contributed by atoms with Gasteiger partial charge < -0.3 is 48.1 Å². The van der Waals surface area contributed by atoms with Crippen molar-refractivity contribution in [1.82, 2.24) is 25.2 Å². The molecular formula is C46H62N10O8S. The number of alkyl carbamates (subject to hydrolysis) is 1. The van der Waals surface area contributed by atoms with Crippen LogP contribution in [0.5, 0.6) is 0 Å². The van der Waals surface area contributed by atoms with E-state index in [-0.39, 0.29) is 68.3 Å². The first-order chi connectivity index (χ1) is 31.0. The zero-order chi connectivity index (χ0) is 47.3. The van der Waals surface area contributed by atoms with Crippen LogP contribution < -0.4 is 38.5 Å². The number of sulfonamides is 1. The van der Waals surface area contributed by atoms with Crippen LogP contribution in [0.2, 0.25) is 0 Å². The number of benzene rings is 3. The quantitative estimate of drug-likeness (QED) is 0.0749. The Labute approximate surface area is 380 Å². The predicted molar refractivity (Wildman–Crippen MR) is 250 cm³/mol. The van der Waals surface area contributed by atoms with Crippen LogP contribution in [0.25, 0.3) is 17.2 Å². The molecule has 5 rings (SSSR count). The molecule has 1 saturated heterocycles. The topological polar surface area (TPSA) is 274 Å². The molecule has 2 atom stereocenters. The smallest absolute Gasteiger partial charge is 0.407 e. The minimum absolute atomic E-state index is 0.0504. The van der Waals surface area contributed by atoms with Crippen LogP contribution in [0.1, 0.15) is 70.9 Å². The van der Waals surface area contributed by atoms with Crippen LogP contribution in [0.4, 0.5) is 21.0 Å². The van der Waals surface area contributed by atoms with Crippen LogP contribution in [-0.2, 0) is 35.8 Å². The number of primary amides is 1. The second kappa shape index (κ2) is 23.0. The molecule has 10 N–H and O–H groups in total. The van der Waals surface area contributed by atoms with Crippen LogP contribution in [0.15, 0.2) is 82.2 Å². The van der Waals surface area contributed by atoms with Gasteiger partial charge in [0.15, 0.2) is 0 Å². The highest BCUT2D eigenvalue weighted by molar-refractivity contribution is 7.89. The summed E-state index contributed by atoms with van der Waals surface area (Å²) < 4.78 is 34.1. The Morgan fingerprint density at radius 1 is 0.923 bits per heavy atom. The average molecular weight is 915 g/mol. The van der Waals surface area contributed by atoms with Gasteiger partial charge in [-0.05, 0) is 84.7 Å². The fraction of sp³-hybridized carbons (Fsp3) is 0.435. The van der Waals surface area contributed by atoms with E-state index in [2.05, 4.69) is 26.3 Å². The second-order valence-corrected chi connectivity index (χ2v) is 18.6. The van der Waals surface area contributed by atoms with E-state index in [1.54, 1.807) is 56.3 Å². The van der Waals surface area contributed by atoms with Gasteiger partial charge in [-0.25, -0.2) is 23.0 Å². The molecule has 2 aliphatic rings. The molecule has 1 fully saturated rings. The van der Waals surface area contributed by atoms with E-state index in [0.29, 0.717) is 53.4 Å². The number of nitrogens with two attached hydrogens (primary N) is 3. The third kappa shape index (κ3) is 13.8. The Hall–Kier alpha value is -6.31. The van der Waals surface area contributed by atoms with Gasteiger partial charge in [-0.2, -0.15) is 4.31 Å². The molecule has 0 aromatic heterocycles. The van der Waals surface area contributed by atoms with Gasteiger partial charge in [-0.3, -0.25) is 14.4 Å². The molecule has 0 aliphatic carbocycles. The Morgan fingerprint density at radius 3 is 2.28 bits per heavy atom. The average Bonchev–Trinajstić information content (AvgIpc) is 3.43. The molecule has 0 saturated carbocycles. The zero-order valence-electron chi connectivity index (χ0n) is 37.5. The molecule has 19 heteroatoms. The van der Waals surface area contributed by atoms with Gasteiger partial charge in [0.05, 0.1) is 16.6 Å². The molecule has 0 bridgehead atoms. The summed E-state index contributed by atoms with van der Waals surface area (Å²) in [6.45, 7) is 9.80. The van der Waals surface area contributed by atoms with E-state index in [4.69, 9.17) is 21.9 Å². The van der Waals surface area contributed by atoms with Crippen LogP contribution in [0, 0.1) is 11.8 Å². The van der Waals surface area contributed by atoms with E-state index < -0.39 is 46.0 Å². The number of amides is 6. The molecule has 2 heterocycles. The summed E-state index contributed by atoms with van der Waals surface area (Å²) in [6, 6.07) is 16.5. The molecule has 0 unspecified atom stereocenters. The van der Waals surface area contributed by atoms with Crippen molar-refractivity contribution in [3.05, 3.63) is 83.4 Å². The number of carbonyl (C=O) groups excluding carboxylic acids is 5.